The van der Waals surface area contributed by atoms with E-state index in [4.69, 9.17) is 5.73 Å². The first-order valence-electron chi connectivity index (χ1n) is 10.7. The first-order chi connectivity index (χ1) is 16.2. The molecule has 0 atom stereocenters. The second-order valence-corrected chi connectivity index (χ2v) is 10.1. The largest absolute Gasteiger partial charge is 0.369 e. The Kier molecular flexibility index (Phi) is 6.22. The highest BCUT2D eigenvalue weighted by molar-refractivity contribution is 7.95. The predicted octanol–water partition coefficient (Wildman–Crippen LogP) is 2.04. The summed E-state index contributed by atoms with van der Waals surface area (Å²) in [5.74, 6) is -0.373. The molecule has 0 spiro atoms. The standard InChI is InChI=1S/C24H23N5O4S/c1-16-5-7-18(8-6-16)34(32,33)19(15-25)14-20-23(28-12-9-17(10-13-28)22(26)30)27-21-4-2-3-11-29(21)24(20)31/h2-8,11,14,17H,9-10,12-13H2,1H3,(H2,26,30). The molecule has 2 aromatic heterocycles. The molecule has 34 heavy (non-hydrogen) atoms. The molecule has 0 bridgehead atoms. The zero-order valence-corrected chi connectivity index (χ0v) is 19.3. The number of hydrogen-bond donors (Lipinski definition) is 1. The topological polar surface area (TPSA) is 139 Å². The van der Waals surface area contributed by atoms with Gasteiger partial charge in [0, 0.05) is 25.2 Å². The predicted molar refractivity (Wildman–Crippen MR) is 128 cm³/mol. The Labute approximate surface area is 196 Å². The number of primary amides is 1. The van der Waals surface area contributed by atoms with Gasteiger partial charge in [-0.25, -0.2) is 13.4 Å². The molecule has 1 aromatic carbocycles. The fourth-order valence-corrected chi connectivity index (χ4v) is 5.12. The molecule has 1 fully saturated rings. The molecule has 174 valence electrons. The summed E-state index contributed by atoms with van der Waals surface area (Å²) < 4.78 is 27.7. The molecule has 4 rings (SSSR count). The minimum atomic E-state index is -4.16. The Morgan fingerprint density at radius 3 is 2.47 bits per heavy atom. The van der Waals surface area contributed by atoms with E-state index in [2.05, 4.69) is 4.98 Å². The number of rotatable bonds is 5. The van der Waals surface area contributed by atoms with Crippen LogP contribution in [0.3, 0.4) is 0 Å². The Morgan fingerprint density at radius 1 is 1.18 bits per heavy atom. The van der Waals surface area contributed by atoms with Crippen molar-refractivity contribution in [2.45, 2.75) is 24.7 Å². The van der Waals surface area contributed by atoms with Gasteiger partial charge in [0.05, 0.1) is 10.5 Å². The van der Waals surface area contributed by atoms with Crippen LogP contribution >= 0.6 is 0 Å². The summed E-state index contributed by atoms with van der Waals surface area (Å²) in [5, 5.41) is 9.75. The quantitative estimate of drug-likeness (QED) is 0.555. The van der Waals surface area contributed by atoms with Crippen LogP contribution in [0.4, 0.5) is 5.82 Å². The molecule has 3 aromatic rings. The number of carbonyl (C=O) groups excluding carboxylic acids is 1. The highest BCUT2D eigenvalue weighted by Gasteiger charge is 2.28. The molecular weight excluding hydrogens is 454 g/mol. The molecule has 9 nitrogen and oxygen atoms in total. The van der Waals surface area contributed by atoms with Crippen molar-refractivity contribution in [1.82, 2.24) is 9.38 Å². The van der Waals surface area contributed by atoms with Gasteiger partial charge < -0.3 is 10.6 Å². The average Bonchev–Trinajstić information content (AvgIpc) is 2.83. The Hall–Kier alpha value is -3.97. The Bertz CT molecular complexity index is 1490. The van der Waals surface area contributed by atoms with E-state index in [0.29, 0.717) is 31.6 Å². The van der Waals surface area contributed by atoms with Crippen molar-refractivity contribution in [3.05, 3.63) is 75.0 Å². The number of sulfone groups is 1. The van der Waals surface area contributed by atoms with Crippen LogP contribution < -0.4 is 16.2 Å². The number of benzene rings is 1. The smallest absolute Gasteiger partial charge is 0.267 e. The summed E-state index contributed by atoms with van der Waals surface area (Å²) in [4.78, 5) is 30.8. The first-order valence-corrected chi connectivity index (χ1v) is 12.2. The van der Waals surface area contributed by atoms with Gasteiger partial charge in [0.2, 0.25) is 15.7 Å². The molecule has 1 amide bonds. The Balaban J connectivity index is 1.87. The van der Waals surface area contributed by atoms with E-state index in [0.717, 1.165) is 11.6 Å². The van der Waals surface area contributed by atoms with E-state index in [1.54, 1.807) is 36.4 Å². The minimum Gasteiger partial charge on any atom is -0.369 e. The van der Waals surface area contributed by atoms with E-state index in [1.807, 2.05) is 11.8 Å². The van der Waals surface area contributed by atoms with Gasteiger partial charge in [0.15, 0.2) is 0 Å². The van der Waals surface area contributed by atoms with Gasteiger partial charge in [0.1, 0.15) is 22.4 Å². The summed E-state index contributed by atoms with van der Waals surface area (Å²) in [6, 6.07) is 13.0. The number of hydrogen-bond acceptors (Lipinski definition) is 7. The van der Waals surface area contributed by atoms with Gasteiger partial charge in [-0.3, -0.25) is 14.0 Å². The lowest BCUT2D eigenvalue weighted by molar-refractivity contribution is -0.122. The molecule has 1 saturated heterocycles. The summed E-state index contributed by atoms with van der Waals surface area (Å²) in [6.45, 7) is 2.65. The molecule has 2 N–H and O–H groups in total. The number of allylic oxidation sites excluding steroid dienone is 1. The van der Waals surface area contributed by atoms with Gasteiger partial charge in [-0.2, -0.15) is 5.26 Å². The van der Waals surface area contributed by atoms with Crippen LogP contribution in [-0.4, -0.2) is 36.8 Å². The highest BCUT2D eigenvalue weighted by Crippen LogP contribution is 2.27. The van der Waals surface area contributed by atoms with E-state index in [1.165, 1.54) is 22.7 Å². The minimum absolute atomic E-state index is 0.00605. The number of nitriles is 1. The van der Waals surface area contributed by atoms with Crippen LogP contribution in [-0.2, 0) is 14.6 Å². The molecule has 0 radical (unpaired) electrons. The molecule has 3 heterocycles. The zero-order valence-electron chi connectivity index (χ0n) is 18.5. The number of nitrogens with zero attached hydrogens (tertiary/aromatic N) is 4. The molecular formula is C24H23N5O4S. The third-order valence-corrected chi connectivity index (χ3v) is 7.63. The summed E-state index contributed by atoms with van der Waals surface area (Å²) in [6.07, 6.45) is 3.60. The summed E-state index contributed by atoms with van der Waals surface area (Å²) in [7, 11) is -4.16. The van der Waals surface area contributed by atoms with Crippen LogP contribution in [0.1, 0.15) is 24.0 Å². The van der Waals surface area contributed by atoms with Crippen molar-refractivity contribution in [2.75, 3.05) is 18.0 Å². The maximum Gasteiger partial charge on any atom is 0.267 e. The van der Waals surface area contributed by atoms with Crippen molar-refractivity contribution in [1.29, 1.82) is 5.26 Å². The fourth-order valence-electron chi connectivity index (χ4n) is 3.98. The first kappa shape index (κ1) is 23.2. The van der Waals surface area contributed by atoms with Gasteiger partial charge in [-0.05, 0) is 50.1 Å². The molecule has 0 unspecified atom stereocenters. The molecule has 0 aliphatic carbocycles. The van der Waals surface area contributed by atoms with Gasteiger partial charge in [-0.1, -0.05) is 23.8 Å². The number of piperidine rings is 1. The number of aryl methyl sites for hydroxylation is 1. The zero-order chi connectivity index (χ0) is 24.5. The second kappa shape index (κ2) is 9.11. The van der Waals surface area contributed by atoms with Gasteiger partial charge in [0.25, 0.3) is 5.56 Å². The van der Waals surface area contributed by atoms with E-state index in [-0.39, 0.29) is 28.1 Å². The van der Waals surface area contributed by atoms with Crippen molar-refractivity contribution < 1.29 is 13.2 Å². The van der Waals surface area contributed by atoms with E-state index >= 15 is 0 Å². The van der Waals surface area contributed by atoms with Crippen LogP contribution in [0.15, 0.2) is 63.3 Å². The maximum absolute atomic E-state index is 13.4. The normalized spacial score (nSPS) is 15.3. The number of aromatic nitrogens is 2. The van der Waals surface area contributed by atoms with Crippen molar-refractivity contribution in [3.8, 4) is 6.07 Å². The molecule has 10 heteroatoms. The third-order valence-electron chi connectivity index (χ3n) is 5.95. The van der Waals surface area contributed by atoms with Crippen molar-refractivity contribution in [3.63, 3.8) is 0 Å². The molecule has 1 aliphatic heterocycles. The lowest BCUT2D eigenvalue weighted by Gasteiger charge is -2.32. The van der Waals surface area contributed by atoms with E-state index in [9.17, 15) is 23.3 Å². The number of fused-ring (bicyclic) bond motifs is 1. The van der Waals surface area contributed by atoms with Crippen LogP contribution in [0.2, 0.25) is 0 Å². The monoisotopic (exact) mass is 477 g/mol. The average molecular weight is 478 g/mol. The number of pyridine rings is 1. The SMILES string of the molecule is Cc1ccc(S(=O)(=O)C(C#N)=Cc2c(N3CCC(C(N)=O)CC3)nc3ccccn3c2=O)cc1. The fraction of sp³-hybridized carbons (Fsp3) is 0.250. The molecule has 1 aliphatic rings. The van der Waals surface area contributed by atoms with Crippen LogP contribution in [0, 0.1) is 24.2 Å². The lowest BCUT2D eigenvalue weighted by Crippen LogP contribution is -2.40. The number of anilines is 1. The van der Waals surface area contributed by atoms with Crippen molar-refractivity contribution in [2.24, 2.45) is 11.7 Å². The maximum atomic E-state index is 13.4. The van der Waals surface area contributed by atoms with Gasteiger partial charge in [-0.15, -0.1) is 0 Å². The Morgan fingerprint density at radius 2 is 1.85 bits per heavy atom. The number of amides is 1. The lowest BCUT2D eigenvalue weighted by atomic mass is 9.96. The summed E-state index contributed by atoms with van der Waals surface area (Å²) >= 11 is 0. The van der Waals surface area contributed by atoms with Crippen LogP contribution in [0.25, 0.3) is 11.7 Å². The molecule has 0 saturated carbocycles. The van der Waals surface area contributed by atoms with Crippen LogP contribution in [0.5, 0.6) is 0 Å². The summed E-state index contributed by atoms with van der Waals surface area (Å²) in [5.41, 5.74) is 6.20. The number of carbonyl (C=O) groups is 1. The second-order valence-electron chi connectivity index (χ2n) is 8.18. The van der Waals surface area contributed by atoms with Crippen molar-refractivity contribution >= 4 is 33.3 Å². The van der Waals surface area contributed by atoms with E-state index < -0.39 is 20.3 Å². The van der Waals surface area contributed by atoms with Gasteiger partial charge >= 0.3 is 0 Å². The number of nitrogens with two attached hydrogens (primary N) is 1. The highest BCUT2D eigenvalue weighted by atomic mass is 32.2. The third kappa shape index (κ3) is 4.30.